The Morgan fingerprint density at radius 1 is 1.19 bits per heavy atom. The molecule has 0 saturated heterocycles. The first-order valence-corrected chi connectivity index (χ1v) is 8.19. The summed E-state index contributed by atoms with van der Waals surface area (Å²) in [5.74, 6) is -0.0222. The van der Waals surface area contributed by atoms with Crippen molar-refractivity contribution in [1.29, 1.82) is 0 Å². The van der Waals surface area contributed by atoms with E-state index >= 15 is 0 Å². The van der Waals surface area contributed by atoms with Crippen LogP contribution in [-0.2, 0) is 6.42 Å². The predicted octanol–water partition coefficient (Wildman–Crippen LogP) is 4.39. The highest BCUT2D eigenvalue weighted by atomic mass is 16.5. The molecule has 134 valence electrons. The molecule has 0 aliphatic carbocycles. The maximum absolute atomic E-state index is 12.8. The highest BCUT2D eigenvalue weighted by Crippen LogP contribution is 2.34. The summed E-state index contributed by atoms with van der Waals surface area (Å²) >= 11 is 0. The molecule has 3 aromatic rings. The molecule has 1 aromatic heterocycles. The van der Waals surface area contributed by atoms with Crippen molar-refractivity contribution in [3.05, 3.63) is 64.0 Å². The summed E-state index contributed by atoms with van der Waals surface area (Å²) in [4.78, 5) is 12.8. The van der Waals surface area contributed by atoms with Crippen LogP contribution in [-0.4, -0.2) is 17.3 Å². The second-order valence-electron chi connectivity index (χ2n) is 6.30. The molecule has 26 heavy (non-hydrogen) atoms. The molecule has 5 nitrogen and oxygen atoms in total. The van der Waals surface area contributed by atoms with Gasteiger partial charge in [-0.05, 0) is 55.7 Å². The van der Waals surface area contributed by atoms with Gasteiger partial charge >= 0.3 is 0 Å². The molecule has 0 fully saturated rings. The largest absolute Gasteiger partial charge is 0.504 e. The first-order valence-electron chi connectivity index (χ1n) is 8.19. The number of hydrogen-bond acceptors (Lipinski definition) is 5. The van der Waals surface area contributed by atoms with Crippen molar-refractivity contribution >= 4 is 11.0 Å². The van der Waals surface area contributed by atoms with E-state index in [-0.39, 0.29) is 22.1 Å². The van der Waals surface area contributed by atoms with Gasteiger partial charge in [0.1, 0.15) is 12.0 Å². The van der Waals surface area contributed by atoms with E-state index < -0.39 is 5.75 Å². The van der Waals surface area contributed by atoms with Crippen molar-refractivity contribution in [2.75, 3.05) is 7.11 Å². The first kappa shape index (κ1) is 17.6. The number of aromatic hydroxyl groups is 2. The van der Waals surface area contributed by atoms with Gasteiger partial charge in [-0.2, -0.15) is 0 Å². The Kier molecular flexibility index (Phi) is 4.71. The van der Waals surface area contributed by atoms with E-state index in [1.807, 2.05) is 26.0 Å². The van der Waals surface area contributed by atoms with Crippen molar-refractivity contribution in [1.82, 2.24) is 0 Å². The standard InChI is InChI=1S/C21H20O5/c1-12(2)4-5-14-10-13(6-9-18(14)25-3)16-11-26-21-15(19(16)23)7-8-17(22)20(21)24/h4,6-11,22,24H,5H2,1-3H3. The Hall–Kier alpha value is -3.21. The van der Waals surface area contributed by atoms with E-state index in [0.29, 0.717) is 17.5 Å². The van der Waals surface area contributed by atoms with Crippen molar-refractivity contribution in [2.45, 2.75) is 20.3 Å². The molecule has 3 rings (SSSR count). The van der Waals surface area contributed by atoms with E-state index in [1.54, 1.807) is 13.2 Å². The Balaban J connectivity index is 2.16. The number of methoxy groups -OCH3 is 1. The average molecular weight is 352 g/mol. The molecule has 0 aliphatic heterocycles. The Bertz CT molecular complexity index is 1060. The van der Waals surface area contributed by atoms with Crippen LogP contribution in [0.4, 0.5) is 0 Å². The minimum Gasteiger partial charge on any atom is -0.504 e. The van der Waals surface area contributed by atoms with E-state index in [9.17, 15) is 15.0 Å². The number of allylic oxidation sites excluding steroid dienone is 2. The average Bonchev–Trinajstić information content (AvgIpc) is 2.63. The van der Waals surface area contributed by atoms with Crippen LogP contribution in [0.2, 0.25) is 0 Å². The number of phenols is 2. The predicted molar refractivity (Wildman–Crippen MR) is 101 cm³/mol. The van der Waals surface area contributed by atoms with Crippen molar-refractivity contribution < 1.29 is 19.4 Å². The van der Waals surface area contributed by atoms with Gasteiger partial charge in [0.15, 0.2) is 11.3 Å². The van der Waals surface area contributed by atoms with Crippen LogP contribution in [0.3, 0.4) is 0 Å². The quantitative estimate of drug-likeness (QED) is 0.538. The summed E-state index contributed by atoms with van der Waals surface area (Å²) in [6.45, 7) is 4.05. The highest BCUT2D eigenvalue weighted by Gasteiger charge is 2.15. The summed E-state index contributed by atoms with van der Waals surface area (Å²) in [7, 11) is 1.61. The Morgan fingerprint density at radius 2 is 1.96 bits per heavy atom. The fourth-order valence-corrected chi connectivity index (χ4v) is 2.79. The molecule has 2 N–H and O–H groups in total. The van der Waals surface area contributed by atoms with Gasteiger partial charge in [-0.25, -0.2) is 0 Å². The second kappa shape index (κ2) is 6.96. The molecule has 0 radical (unpaired) electrons. The SMILES string of the molecule is COc1ccc(-c2coc3c(O)c(O)ccc3c2=O)cc1CC=C(C)C. The van der Waals surface area contributed by atoms with Crippen LogP contribution in [0, 0.1) is 0 Å². The third-order valence-electron chi connectivity index (χ3n) is 4.22. The number of ether oxygens (including phenoxy) is 1. The third kappa shape index (κ3) is 3.16. The zero-order chi connectivity index (χ0) is 18.8. The molecule has 0 aliphatic rings. The molecule has 0 unspecified atom stereocenters. The second-order valence-corrected chi connectivity index (χ2v) is 6.30. The lowest BCUT2D eigenvalue weighted by atomic mass is 10.00. The molecule has 0 amide bonds. The lowest BCUT2D eigenvalue weighted by Crippen LogP contribution is -2.05. The van der Waals surface area contributed by atoms with Crippen molar-refractivity contribution in [3.8, 4) is 28.4 Å². The molecule has 0 bridgehead atoms. The highest BCUT2D eigenvalue weighted by molar-refractivity contribution is 5.87. The molecule has 2 aromatic carbocycles. The minimum absolute atomic E-state index is 0.0305. The third-order valence-corrected chi connectivity index (χ3v) is 4.22. The van der Waals surface area contributed by atoms with Gasteiger partial charge in [0, 0.05) is 0 Å². The van der Waals surface area contributed by atoms with E-state index in [4.69, 9.17) is 9.15 Å². The van der Waals surface area contributed by atoms with Gasteiger partial charge in [0.05, 0.1) is 18.1 Å². The summed E-state index contributed by atoms with van der Waals surface area (Å²) in [5.41, 5.74) is 2.92. The number of rotatable bonds is 4. The molecular formula is C21H20O5. The number of benzene rings is 2. The van der Waals surface area contributed by atoms with Gasteiger partial charge < -0.3 is 19.4 Å². The lowest BCUT2D eigenvalue weighted by molar-refractivity contribution is 0.399. The van der Waals surface area contributed by atoms with Crippen LogP contribution < -0.4 is 10.2 Å². The van der Waals surface area contributed by atoms with Gasteiger partial charge in [0.2, 0.25) is 11.2 Å². The Labute approximate surface area is 150 Å². The van der Waals surface area contributed by atoms with Crippen molar-refractivity contribution in [2.24, 2.45) is 0 Å². The number of phenolic OH excluding ortho intramolecular Hbond substituents is 2. The topological polar surface area (TPSA) is 79.9 Å². The van der Waals surface area contributed by atoms with Crippen LogP contribution in [0.25, 0.3) is 22.1 Å². The van der Waals surface area contributed by atoms with Gasteiger partial charge in [-0.15, -0.1) is 0 Å². The Morgan fingerprint density at radius 3 is 2.65 bits per heavy atom. The van der Waals surface area contributed by atoms with E-state index in [0.717, 1.165) is 11.3 Å². The fraction of sp³-hybridized carbons (Fsp3) is 0.190. The van der Waals surface area contributed by atoms with Crippen LogP contribution in [0.1, 0.15) is 19.4 Å². The normalized spacial score (nSPS) is 10.7. The summed E-state index contributed by atoms with van der Waals surface area (Å²) in [6.07, 6.45) is 4.08. The van der Waals surface area contributed by atoms with Gasteiger partial charge in [0.25, 0.3) is 0 Å². The molecular weight excluding hydrogens is 332 g/mol. The molecule has 5 heteroatoms. The molecule has 0 spiro atoms. The van der Waals surface area contributed by atoms with Crippen LogP contribution >= 0.6 is 0 Å². The summed E-state index contributed by atoms with van der Waals surface area (Å²) in [5, 5.41) is 19.6. The summed E-state index contributed by atoms with van der Waals surface area (Å²) < 4.78 is 10.8. The summed E-state index contributed by atoms with van der Waals surface area (Å²) in [6, 6.07) is 8.22. The maximum Gasteiger partial charge on any atom is 0.201 e. The van der Waals surface area contributed by atoms with Crippen LogP contribution in [0.5, 0.6) is 17.2 Å². The van der Waals surface area contributed by atoms with Gasteiger partial charge in [-0.1, -0.05) is 17.7 Å². The number of hydrogen-bond donors (Lipinski definition) is 2. The van der Waals surface area contributed by atoms with Crippen LogP contribution in [0.15, 0.2) is 57.5 Å². The van der Waals surface area contributed by atoms with Crippen molar-refractivity contribution in [3.63, 3.8) is 0 Å². The zero-order valence-electron chi connectivity index (χ0n) is 14.9. The minimum atomic E-state index is -0.440. The fourth-order valence-electron chi connectivity index (χ4n) is 2.79. The molecule has 1 heterocycles. The molecule has 0 saturated carbocycles. The van der Waals surface area contributed by atoms with E-state index in [1.165, 1.54) is 24.0 Å². The zero-order valence-corrected chi connectivity index (χ0v) is 14.9. The smallest absolute Gasteiger partial charge is 0.201 e. The van der Waals surface area contributed by atoms with Gasteiger partial charge in [-0.3, -0.25) is 4.79 Å². The number of fused-ring (bicyclic) bond motifs is 1. The first-order chi connectivity index (χ1) is 12.4. The lowest BCUT2D eigenvalue weighted by Gasteiger charge is -2.10. The maximum atomic E-state index is 12.8. The monoisotopic (exact) mass is 352 g/mol. The molecule has 0 atom stereocenters. The van der Waals surface area contributed by atoms with E-state index in [2.05, 4.69) is 6.08 Å².